The van der Waals surface area contributed by atoms with E-state index in [2.05, 4.69) is 23.7 Å². The van der Waals surface area contributed by atoms with Crippen LogP contribution in [0.4, 0.5) is 0 Å². The van der Waals surface area contributed by atoms with Crippen LogP contribution in [0.25, 0.3) is 0 Å². The summed E-state index contributed by atoms with van der Waals surface area (Å²) in [6.07, 6.45) is 0. The monoisotopic (exact) mass is 237 g/mol. The molecule has 0 amide bonds. The van der Waals surface area contributed by atoms with Gasteiger partial charge in [-0.05, 0) is 20.8 Å². The van der Waals surface area contributed by atoms with Gasteiger partial charge in [-0.2, -0.15) is 0 Å². The molecule has 1 aromatic rings. The van der Waals surface area contributed by atoms with Gasteiger partial charge in [-0.3, -0.25) is 9.88 Å². The number of pyridine rings is 1. The van der Waals surface area contributed by atoms with Crippen LogP contribution >= 0.6 is 0 Å². The molecule has 0 bridgehead atoms. The second-order valence-electron chi connectivity index (χ2n) is 4.49. The summed E-state index contributed by atoms with van der Waals surface area (Å²) in [5.74, 6) is 0.865. The van der Waals surface area contributed by atoms with Crippen molar-refractivity contribution in [3.63, 3.8) is 0 Å². The largest absolute Gasteiger partial charge is 0.497 e. The van der Waals surface area contributed by atoms with Crippen molar-refractivity contribution in [2.45, 2.75) is 33.4 Å². The van der Waals surface area contributed by atoms with E-state index in [1.165, 1.54) is 0 Å². The van der Waals surface area contributed by atoms with Crippen molar-refractivity contribution in [2.24, 2.45) is 5.73 Å². The van der Waals surface area contributed by atoms with Gasteiger partial charge >= 0.3 is 0 Å². The van der Waals surface area contributed by atoms with Gasteiger partial charge in [-0.1, -0.05) is 0 Å². The lowest BCUT2D eigenvalue weighted by Gasteiger charge is -2.25. The maximum absolute atomic E-state index is 5.62. The molecule has 0 saturated heterocycles. The summed E-state index contributed by atoms with van der Waals surface area (Å²) in [6.45, 7) is 8.68. The third kappa shape index (κ3) is 4.32. The van der Waals surface area contributed by atoms with Gasteiger partial charge in [0, 0.05) is 43.5 Å². The van der Waals surface area contributed by atoms with Gasteiger partial charge in [0.05, 0.1) is 12.8 Å². The fourth-order valence-corrected chi connectivity index (χ4v) is 1.80. The van der Waals surface area contributed by atoms with Crippen LogP contribution in [0.2, 0.25) is 0 Å². The van der Waals surface area contributed by atoms with Crippen LogP contribution in [-0.4, -0.2) is 36.1 Å². The van der Waals surface area contributed by atoms with E-state index in [0.717, 1.165) is 30.2 Å². The number of hydrogen-bond donors (Lipinski definition) is 1. The van der Waals surface area contributed by atoms with Crippen LogP contribution in [0.3, 0.4) is 0 Å². The molecule has 1 heterocycles. The Bertz CT molecular complexity index is 353. The van der Waals surface area contributed by atoms with Crippen LogP contribution in [0.15, 0.2) is 12.1 Å². The lowest BCUT2D eigenvalue weighted by atomic mass is 10.2. The van der Waals surface area contributed by atoms with Crippen molar-refractivity contribution in [2.75, 3.05) is 20.2 Å². The van der Waals surface area contributed by atoms with Crippen LogP contribution in [-0.2, 0) is 6.54 Å². The molecule has 17 heavy (non-hydrogen) atoms. The van der Waals surface area contributed by atoms with Gasteiger partial charge in [0.1, 0.15) is 5.75 Å². The van der Waals surface area contributed by atoms with E-state index >= 15 is 0 Å². The van der Waals surface area contributed by atoms with Gasteiger partial charge in [-0.25, -0.2) is 0 Å². The zero-order chi connectivity index (χ0) is 12.8. The number of aryl methyl sites for hydroxylation is 1. The second kappa shape index (κ2) is 6.57. The highest BCUT2D eigenvalue weighted by atomic mass is 16.5. The third-order valence-corrected chi connectivity index (χ3v) is 2.73. The highest BCUT2D eigenvalue weighted by Crippen LogP contribution is 2.15. The maximum Gasteiger partial charge on any atom is 0.122 e. The van der Waals surface area contributed by atoms with E-state index in [1.807, 2.05) is 19.1 Å². The van der Waals surface area contributed by atoms with Crippen LogP contribution in [0.5, 0.6) is 5.75 Å². The minimum absolute atomic E-state index is 0.465. The summed E-state index contributed by atoms with van der Waals surface area (Å²) in [5, 5.41) is 0. The van der Waals surface area contributed by atoms with Gasteiger partial charge in [0.15, 0.2) is 0 Å². The molecule has 4 heteroatoms. The predicted molar refractivity (Wildman–Crippen MR) is 70.1 cm³/mol. The van der Waals surface area contributed by atoms with Crippen LogP contribution in [0.1, 0.15) is 25.2 Å². The molecule has 2 N–H and O–H groups in total. The summed E-state index contributed by atoms with van der Waals surface area (Å²) < 4.78 is 5.25. The Morgan fingerprint density at radius 1 is 1.41 bits per heavy atom. The summed E-state index contributed by atoms with van der Waals surface area (Å²) in [6, 6.07) is 4.39. The molecule has 0 saturated carbocycles. The predicted octanol–water partition coefficient (Wildman–Crippen LogP) is 1.57. The molecule has 0 fully saturated rings. The average molecular weight is 237 g/mol. The molecule has 0 unspecified atom stereocenters. The smallest absolute Gasteiger partial charge is 0.122 e. The van der Waals surface area contributed by atoms with Gasteiger partial charge in [0.25, 0.3) is 0 Å². The van der Waals surface area contributed by atoms with Crippen molar-refractivity contribution in [1.29, 1.82) is 0 Å². The quantitative estimate of drug-likeness (QED) is 0.816. The molecule has 0 aliphatic carbocycles. The first-order chi connectivity index (χ1) is 8.06. The summed E-state index contributed by atoms with van der Waals surface area (Å²) in [5.41, 5.74) is 7.63. The van der Waals surface area contributed by atoms with E-state index in [4.69, 9.17) is 10.5 Å². The molecule has 1 rings (SSSR count). The van der Waals surface area contributed by atoms with Crippen molar-refractivity contribution in [1.82, 2.24) is 9.88 Å². The van der Waals surface area contributed by atoms with Crippen molar-refractivity contribution < 1.29 is 4.74 Å². The van der Waals surface area contributed by atoms with Gasteiger partial charge in [-0.15, -0.1) is 0 Å². The number of nitrogens with zero attached hydrogens (tertiary/aromatic N) is 2. The Morgan fingerprint density at radius 3 is 2.65 bits per heavy atom. The molecule has 0 atom stereocenters. The first-order valence-corrected chi connectivity index (χ1v) is 6.02. The van der Waals surface area contributed by atoms with E-state index in [1.54, 1.807) is 7.11 Å². The van der Waals surface area contributed by atoms with Crippen LogP contribution in [0, 0.1) is 6.92 Å². The lowest BCUT2D eigenvalue weighted by molar-refractivity contribution is 0.216. The Morgan fingerprint density at radius 2 is 2.12 bits per heavy atom. The number of methoxy groups -OCH3 is 1. The molecule has 0 spiro atoms. The highest BCUT2D eigenvalue weighted by molar-refractivity contribution is 5.26. The average Bonchev–Trinajstić information content (AvgIpc) is 2.27. The van der Waals surface area contributed by atoms with Crippen molar-refractivity contribution in [3.05, 3.63) is 23.5 Å². The Balaban J connectivity index is 2.81. The fourth-order valence-electron chi connectivity index (χ4n) is 1.80. The molecule has 0 radical (unpaired) electrons. The minimum atomic E-state index is 0.465. The zero-order valence-electron chi connectivity index (χ0n) is 11.2. The minimum Gasteiger partial charge on any atom is -0.497 e. The summed E-state index contributed by atoms with van der Waals surface area (Å²) in [4.78, 5) is 6.83. The van der Waals surface area contributed by atoms with Crippen LogP contribution < -0.4 is 10.5 Å². The molecule has 96 valence electrons. The Labute approximate surface area is 104 Å². The molecule has 0 aliphatic rings. The normalized spacial score (nSPS) is 11.2. The number of aromatic nitrogens is 1. The van der Waals surface area contributed by atoms with Crippen molar-refractivity contribution >= 4 is 0 Å². The number of rotatable bonds is 6. The standard InChI is InChI=1S/C13H23N3O/c1-10(2)16(6-5-14)9-12-8-13(17-4)7-11(3)15-12/h7-8,10H,5-6,9,14H2,1-4H3. The molecule has 0 aliphatic heterocycles. The molecule has 4 nitrogen and oxygen atoms in total. The van der Waals surface area contributed by atoms with E-state index < -0.39 is 0 Å². The van der Waals surface area contributed by atoms with Crippen molar-refractivity contribution in [3.8, 4) is 5.75 Å². The van der Waals surface area contributed by atoms with E-state index in [-0.39, 0.29) is 0 Å². The lowest BCUT2D eigenvalue weighted by Crippen LogP contribution is -2.35. The Kier molecular flexibility index (Phi) is 5.38. The first kappa shape index (κ1) is 13.9. The zero-order valence-corrected chi connectivity index (χ0v) is 11.2. The SMILES string of the molecule is COc1cc(C)nc(CN(CCN)C(C)C)c1. The Hall–Kier alpha value is -1.13. The second-order valence-corrected chi connectivity index (χ2v) is 4.49. The topological polar surface area (TPSA) is 51.4 Å². The molecular formula is C13H23N3O. The summed E-state index contributed by atoms with van der Waals surface area (Å²) in [7, 11) is 1.68. The van der Waals surface area contributed by atoms with E-state index in [9.17, 15) is 0 Å². The van der Waals surface area contributed by atoms with Gasteiger partial charge < -0.3 is 10.5 Å². The van der Waals surface area contributed by atoms with E-state index in [0.29, 0.717) is 12.6 Å². The third-order valence-electron chi connectivity index (χ3n) is 2.73. The number of hydrogen-bond acceptors (Lipinski definition) is 4. The van der Waals surface area contributed by atoms with Gasteiger partial charge in [0.2, 0.25) is 0 Å². The maximum atomic E-state index is 5.62. The summed E-state index contributed by atoms with van der Waals surface area (Å²) >= 11 is 0. The first-order valence-electron chi connectivity index (χ1n) is 6.02. The number of nitrogens with two attached hydrogens (primary N) is 1. The fraction of sp³-hybridized carbons (Fsp3) is 0.615. The highest BCUT2D eigenvalue weighted by Gasteiger charge is 2.11. The number of ether oxygens (including phenoxy) is 1. The molecule has 1 aromatic heterocycles. The molecule has 0 aromatic carbocycles. The molecular weight excluding hydrogens is 214 g/mol.